The van der Waals surface area contributed by atoms with Crippen LogP contribution in [0.1, 0.15) is 22.3 Å². The van der Waals surface area contributed by atoms with E-state index >= 15 is 0 Å². The highest BCUT2D eigenvalue weighted by molar-refractivity contribution is 6.08. The minimum Gasteiger partial charge on any atom is -0.309 e. The van der Waals surface area contributed by atoms with E-state index in [-0.39, 0.29) is 0 Å². The molecule has 6 heteroatoms. The summed E-state index contributed by atoms with van der Waals surface area (Å²) in [7, 11) is 0. The second-order valence-corrected chi connectivity index (χ2v) is 26.1. The molecule has 104 heavy (non-hydrogen) atoms. The number of nitrogens with zero attached hydrogens (tertiary/aromatic N) is 4. The Morgan fingerprint density at radius 1 is 0.202 bits per heavy atom. The predicted molar refractivity (Wildman–Crippen MR) is 428 cm³/mol. The van der Waals surface area contributed by atoms with Crippen molar-refractivity contribution in [2.75, 3.05) is 9.80 Å². The third-order valence-electron chi connectivity index (χ3n) is 19.5. The SMILES string of the molecule is N=C1C=CC(=[n+]2c(-c3ccccc3)cc(=c3ccc(=C4C=C(c5ccccc5)N(c5ccc(N6C(c7ccccc7)=CC(=c7ccc(=c8cc(-c9ccccc9)[n+](=C9C=CC(=N)C=C9)c(-c9ccccc9)c8)cc7)C=C6c6ccccc6)cc5)C(c5ccccc5)=C4)cc3)cc2-c2ccccc2)C=C1. The number of anilines is 2. The number of nitrogens with one attached hydrogen (secondary N) is 2. The van der Waals surface area contributed by atoms with Crippen LogP contribution in [0.3, 0.4) is 0 Å². The van der Waals surface area contributed by atoms with Gasteiger partial charge in [-0.15, -0.1) is 0 Å². The Balaban J connectivity index is 0.797. The van der Waals surface area contributed by atoms with E-state index in [1.165, 1.54) is 0 Å². The maximum Gasteiger partial charge on any atom is 0.219 e. The molecule has 490 valence electrons. The first-order valence-electron chi connectivity index (χ1n) is 35.2. The van der Waals surface area contributed by atoms with Crippen molar-refractivity contribution in [3.63, 3.8) is 0 Å². The number of aromatic nitrogens is 2. The molecular weight excluding hydrogens is 1260 g/mol. The molecule has 2 aliphatic heterocycles. The van der Waals surface area contributed by atoms with Crippen LogP contribution in [-0.4, -0.2) is 11.4 Å². The Morgan fingerprint density at radius 2 is 0.413 bits per heavy atom. The van der Waals surface area contributed by atoms with Gasteiger partial charge in [-0.2, -0.15) is 8.49 Å². The highest BCUT2D eigenvalue weighted by Gasteiger charge is 2.29. The van der Waals surface area contributed by atoms with Crippen LogP contribution in [0.25, 0.3) is 79.0 Å². The van der Waals surface area contributed by atoms with Crippen LogP contribution in [0.2, 0.25) is 0 Å². The lowest BCUT2D eigenvalue weighted by Crippen LogP contribution is -2.28. The second kappa shape index (κ2) is 28.4. The maximum absolute atomic E-state index is 8.35. The molecular formula is C98H70N6+2. The van der Waals surface area contributed by atoms with Crippen molar-refractivity contribution < 1.29 is 8.49 Å². The molecule has 0 amide bonds. The Kier molecular flexibility index (Phi) is 17.3. The summed E-state index contributed by atoms with van der Waals surface area (Å²) in [6.07, 6.45) is 25.0. The molecule has 0 spiro atoms. The third kappa shape index (κ3) is 12.8. The molecule has 0 fully saturated rings. The average molecular weight is 1330 g/mol. The van der Waals surface area contributed by atoms with Gasteiger partial charge < -0.3 is 20.6 Å². The molecule has 0 radical (unpaired) electrons. The van der Waals surface area contributed by atoms with Crippen LogP contribution >= 0.6 is 0 Å². The predicted octanol–water partition coefficient (Wildman–Crippen LogP) is 20.1. The van der Waals surface area contributed by atoms with Crippen molar-refractivity contribution in [2.24, 2.45) is 0 Å². The highest BCUT2D eigenvalue weighted by Crippen LogP contribution is 2.44. The number of rotatable bonds is 10. The molecule has 2 aliphatic carbocycles. The largest absolute Gasteiger partial charge is 0.309 e. The fraction of sp³-hybridized carbons (Fsp3) is 0. The molecule has 4 heterocycles. The van der Waals surface area contributed by atoms with E-state index in [4.69, 9.17) is 10.8 Å². The van der Waals surface area contributed by atoms with E-state index < -0.39 is 0 Å². The van der Waals surface area contributed by atoms with Gasteiger partial charge in [0, 0.05) is 82.2 Å². The zero-order valence-electron chi connectivity index (χ0n) is 57.0. The lowest BCUT2D eigenvalue weighted by molar-refractivity contribution is -0.492. The van der Waals surface area contributed by atoms with Crippen molar-refractivity contribution in [1.29, 1.82) is 10.8 Å². The molecule has 11 aromatic carbocycles. The van der Waals surface area contributed by atoms with E-state index in [1.54, 1.807) is 0 Å². The molecule has 2 aromatic heterocycles. The van der Waals surface area contributed by atoms with Gasteiger partial charge >= 0.3 is 0 Å². The topological polar surface area (TPSA) is 66.0 Å². The summed E-state index contributed by atoms with van der Waals surface area (Å²) < 4.78 is 4.63. The Hall–Kier alpha value is -13.9. The number of hydrogen-bond donors (Lipinski definition) is 2. The van der Waals surface area contributed by atoms with Gasteiger partial charge in [-0.1, -0.05) is 243 Å². The molecule has 6 nitrogen and oxygen atoms in total. The third-order valence-corrected chi connectivity index (χ3v) is 19.5. The molecule has 4 aliphatic rings. The van der Waals surface area contributed by atoms with Gasteiger partial charge in [0.2, 0.25) is 34.2 Å². The van der Waals surface area contributed by atoms with Gasteiger partial charge in [-0.25, -0.2) is 0 Å². The first-order valence-corrected chi connectivity index (χ1v) is 35.2. The molecule has 13 aromatic rings. The van der Waals surface area contributed by atoms with Crippen LogP contribution in [0.15, 0.2) is 413 Å². The number of benzene rings is 11. The van der Waals surface area contributed by atoms with Crippen molar-refractivity contribution in [3.05, 3.63) is 478 Å². The summed E-state index contributed by atoms with van der Waals surface area (Å²) in [5.41, 5.74) is 24.4. The second-order valence-electron chi connectivity index (χ2n) is 26.1. The smallest absolute Gasteiger partial charge is 0.219 e. The Morgan fingerprint density at radius 3 is 0.644 bits per heavy atom. The van der Waals surface area contributed by atoms with Gasteiger partial charge in [0.05, 0.1) is 34.2 Å². The summed E-state index contributed by atoms with van der Waals surface area (Å²) in [6, 6.07) is 122. The first kappa shape index (κ1) is 63.5. The van der Waals surface area contributed by atoms with E-state index in [0.29, 0.717) is 11.4 Å². The summed E-state index contributed by atoms with van der Waals surface area (Å²) in [5, 5.41) is 23.3. The van der Waals surface area contributed by atoms with Crippen molar-refractivity contribution in [1.82, 2.24) is 0 Å². The summed E-state index contributed by atoms with van der Waals surface area (Å²) in [6.45, 7) is 0. The van der Waals surface area contributed by atoms with Gasteiger partial charge in [-0.05, 0) is 186 Å². The summed E-state index contributed by atoms with van der Waals surface area (Å²) in [4.78, 5) is 4.84. The average Bonchev–Trinajstić information content (AvgIpc) is 0.789. The lowest BCUT2D eigenvalue weighted by atomic mass is 9.95. The van der Waals surface area contributed by atoms with Crippen LogP contribution in [0.5, 0.6) is 0 Å². The van der Waals surface area contributed by atoms with Crippen molar-refractivity contribution >= 4 is 56.7 Å². The summed E-state index contributed by atoms with van der Waals surface area (Å²) in [5.74, 6) is 0. The van der Waals surface area contributed by atoms with E-state index in [2.05, 4.69) is 382 Å². The molecule has 2 N–H and O–H groups in total. The minimum absolute atomic E-state index is 0.473. The number of pyridine rings is 2. The quantitative estimate of drug-likeness (QED) is 0.134. The van der Waals surface area contributed by atoms with Gasteiger partial charge in [0.1, 0.15) is 0 Å². The fourth-order valence-electron chi connectivity index (χ4n) is 14.4. The van der Waals surface area contributed by atoms with Crippen LogP contribution in [0, 0.1) is 43.1 Å². The minimum atomic E-state index is 0.473. The van der Waals surface area contributed by atoms with Gasteiger partial charge in [0.15, 0.2) is 0 Å². The molecule has 0 unspecified atom stereocenters. The molecule has 0 saturated carbocycles. The zero-order valence-corrected chi connectivity index (χ0v) is 57.0. The monoisotopic (exact) mass is 1330 g/mol. The highest BCUT2D eigenvalue weighted by atomic mass is 15.2. The maximum atomic E-state index is 8.35. The van der Waals surface area contributed by atoms with Crippen molar-refractivity contribution in [2.45, 2.75) is 0 Å². The Labute approximate surface area is 604 Å². The van der Waals surface area contributed by atoms with Gasteiger partial charge in [0.25, 0.3) is 0 Å². The van der Waals surface area contributed by atoms with Crippen LogP contribution < -0.4 is 28.7 Å². The lowest BCUT2D eigenvalue weighted by Gasteiger charge is -2.36. The molecule has 0 saturated heterocycles. The van der Waals surface area contributed by atoms with Gasteiger partial charge in [-0.3, -0.25) is 0 Å². The summed E-state index contributed by atoms with van der Waals surface area (Å²) >= 11 is 0. The number of allylic oxidation sites excluding steroid dienone is 12. The van der Waals surface area contributed by atoms with E-state index in [9.17, 15) is 0 Å². The van der Waals surface area contributed by atoms with E-state index in [0.717, 1.165) is 155 Å². The molecule has 17 rings (SSSR count). The normalized spacial score (nSPS) is 14.2. The molecule has 0 bridgehead atoms. The number of hydrogen-bond acceptors (Lipinski definition) is 4. The zero-order chi connectivity index (χ0) is 69.7. The molecule has 0 atom stereocenters. The van der Waals surface area contributed by atoms with Crippen LogP contribution in [-0.2, 0) is 0 Å². The van der Waals surface area contributed by atoms with Crippen molar-refractivity contribution in [3.8, 4) is 45.0 Å². The fourth-order valence-corrected chi connectivity index (χ4v) is 14.4. The first-order chi connectivity index (χ1) is 51.4. The van der Waals surface area contributed by atoms with E-state index in [1.807, 2.05) is 48.6 Å². The Bertz CT molecular complexity index is 5580. The standard InChI is InChI=1S/C98H70N6/c99-85-49-53-87(54-50-85)101-91(73-25-9-1-10-26-73)61-81(62-92(101)74-27-11-2-12-28-74)69-41-45-71(46-42-69)83-65-95(77-33-17-5-18-34-77)103(96(66-83)78-35-19-6-20-36-78)89-57-59-90(60-58-89)104-97(79-37-21-7-22-38-79)67-84(68-98(104)80-39-23-8-24-40-80)72-47-43-70(44-48-72)82-63-93(75-29-13-3-14-30-75)102(88-55-51-86(100)52-56-88)94(64-82)76-31-15-4-16-32-76/h1-68,99-100H/q+2. The van der Waals surface area contributed by atoms with Crippen LogP contribution in [0.4, 0.5) is 11.4 Å².